The van der Waals surface area contributed by atoms with Gasteiger partial charge in [0.1, 0.15) is 12.2 Å². The molecule has 0 aromatic carbocycles. The number of carbonyl (C=O) groups excluding carboxylic acids is 1. The fourth-order valence-electron chi connectivity index (χ4n) is 6.35. The predicted molar refractivity (Wildman–Crippen MR) is 260 cm³/mol. The molecule has 0 aromatic heterocycles. The summed E-state index contributed by atoms with van der Waals surface area (Å²) in [6.07, 6.45) is 59.7. The highest BCUT2D eigenvalue weighted by Crippen LogP contribution is 2.43. The Hall–Kier alpha value is -2.36. The maximum atomic E-state index is 12.7. The van der Waals surface area contributed by atoms with E-state index in [2.05, 4.69) is 98.9 Å². The molecular weight excluding hydrogens is 800 g/mol. The van der Waals surface area contributed by atoms with Crippen LogP contribution in [0.5, 0.6) is 0 Å². The van der Waals surface area contributed by atoms with Crippen LogP contribution in [0.15, 0.2) is 85.1 Å². The van der Waals surface area contributed by atoms with Gasteiger partial charge < -0.3 is 24.6 Å². The molecule has 0 spiro atoms. The third-order valence-corrected chi connectivity index (χ3v) is 11.0. The summed E-state index contributed by atoms with van der Waals surface area (Å²) in [6.45, 7) is 3.35. The lowest BCUT2D eigenvalue weighted by molar-refractivity contribution is -0.154. The van der Waals surface area contributed by atoms with Crippen LogP contribution in [-0.4, -0.2) is 66.3 Å². The Morgan fingerprint density at radius 2 is 0.919 bits per heavy atom. The molecule has 0 aliphatic carbocycles. The SMILES string of the molecule is CC/C=C\C/C=C\C/C=C\C/C=C\C/C=C\CCCCCCCC(=O)OC(COCCCCCCCCCCCC/C=C\C/C=C\CCCCC)COP(=O)(O)OCC(O)CO. The van der Waals surface area contributed by atoms with Gasteiger partial charge in [-0.3, -0.25) is 13.8 Å². The number of ether oxygens (including phenoxy) is 2. The molecule has 0 fully saturated rings. The fourth-order valence-corrected chi connectivity index (χ4v) is 7.14. The zero-order valence-electron chi connectivity index (χ0n) is 39.3. The van der Waals surface area contributed by atoms with Crippen LogP contribution in [0, 0.1) is 0 Å². The second-order valence-electron chi connectivity index (χ2n) is 16.1. The monoisotopic (exact) mass is 891 g/mol. The Morgan fingerprint density at radius 3 is 1.39 bits per heavy atom. The van der Waals surface area contributed by atoms with Crippen LogP contribution in [0.1, 0.15) is 194 Å². The molecule has 0 aromatic rings. The lowest BCUT2D eigenvalue weighted by Crippen LogP contribution is -2.29. The first-order valence-electron chi connectivity index (χ1n) is 24.6. The molecule has 0 rings (SSSR count). The van der Waals surface area contributed by atoms with Crippen LogP contribution in [0.4, 0.5) is 0 Å². The van der Waals surface area contributed by atoms with Crippen molar-refractivity contribution in [3.8, 4) is 0 Å². The Bertz CT molecular complexity index is 1240. The number of hydrogen-bond donors (Lipinski definition) is 3. The van der Waals surface area contributed by atoms with Crippen molar-refractivity contribution in [3.05, 3.63) is 85.1 Å². The Morgan fingerprint density at radius 1 is 0.516 bits per heavy atom. The van der Waals surface area contributed by atoms with Gasteiger partial charge in [0.05, 0.1) is 26.4 Å². The lowest BCUT2D eigenvalue weighted by atomic mass is 10.1. The van der Waals surface area contributed by atoms with Crippen LogP contribution in [0.2, 0.25) is 0 Å². The van der Waals surface area contributed by atoms with E-state index < -0.39 is 45.8 Å². The highest BCUT2D eigenvalue weighted by molar-refractivity contribution is 7.47. The fraction of sp³-hybridized carbons (Fsp3) is 0.712. The molecule has 0 heterocycles. The largest absolute Gasteiger partial charge is 0.472 e. The molecule has 358 valence electrons. The van der Waals surface area contributed by atoms with Gasteiger partial charge in [0.25, 0.3) is 0 Å². The van der Waals surface area contributed by atoms with Crippen molar-refractivity contribution in [2.45, 2.75) is 206 Å². The van der Waals surface area contributed by atoms with Crippen molar-refractivity contribution in [2.75, 3.05) is 33.0 Å². The number of hydrogen-bond acceptors (Lipinski definition) is 8. The highest BCUT2D eigenvalue weighted by atomic mass is 31.2. The van der Waals surface area contributed by atoms with Gasteiger partial charge in [-0.2, -0.15) is 0 Å². The van der Waals surface area contributed by atoms with E-state index >= 15 is 0 Å². The summed E-state index contributed by atoms with van der Waals surface area (Å²) >= 11 is 0. The van der Waals surface area contributed by atoms with E-state index in [1.807, 2.05) is 0 Å². The average Bonchev–Trinajstić information content (AvgIpc) is 3.26. The second kappa shape index (κ2) is 48.1. The van der Waals surface area contributed by atoms with Crippen molar-refractivity contribution >= 4 is 13.8 Å². The normalized spacial score (nSPS) is 14.6. The number of carbonyl (C=O) groups is 1. The first kappa shape index (κ1) is 59.6. The van der Waals surface area contributed by atoms with Crippen molar-refractivity contribution < 1.29 is 43.0 Å². The molecule has 62 heavy (non-hydrogen) atoms. The van der Waals surface area contributed by atoms with Crippen molar-refractivity contribution in [1.29, 1.82) is 0 Å². The van der Waals surface area contributed by atoms with Gasteiger partial charge in [0.15, 0.2) is 0 Å². The van der Waals surface area contributed by atoms with Gasteiger partial charge >= 0.3 is 13.8 Å². The van der Waals surface area contributed by atoms with Gasteiger partial charge in [0, 0.05) is 13.0 Å². The molecule has 3 atom stereocenters. The Labute approximate surface area is 379 Å². The average molecular weight is 891 g/mol. The zero-order chi connectivity index (χ0) is 45.3. The topological polar surface area (TPSA) is 132 Å². The van der Waals surface area contributed by atoms with E-state index in [9.17, 15) is 19.4 Å². The molecule has 3 N–H and O–H groups in total. The zero-order valence-corrected chi connectivity index (χ0v) is 40.2. The molecule has 9 nitrogen and oxygen atoms in total. The Kier molecular flexibility index (Phi) is 46.3. The number of aliphatic hydroxyl groups is 2. The van der Waals surface area contributed by atoms with Crippen LogP contribution in [0.25, 0.3) is 0 Å². The molecule has 10 heteroatoms. The minimum atomic E-state index is -4.53. The molecule has 3 unspecified atom stereocenters. The summed E-state index contributed by atoms with van der Waals surface area (Å²) in [5.74, 6) is -0.404. The quantitative estimate of drug-likeness (QED) is 0.0236. The predicted octanol–water partition coefficient (Wildman–Crippen LogP) is 14.3. The van der Waals surface area contributed by atoms with Crippen LogP contribution < -0.4 is 0 Å². The molecular formula is C52H91O9P. The molecule has 0 amide bonds. The standard InChI is InChI=1S/C52H91O9P/c1-3-5-7-9-11-13-15-17-19-21-23-25-26-28-30-32-34-36-38-40-42-44-52(55)61-51(49-60-62(56,57)59-47-50(54)46-53)48-58-45-43-41-39-37-35-33-31-29-27-24-22-20-18-16-14-12-10-8-6-4-2/h5,7,11-14,17-20,23,25,28,30,50-51,53-54H,3-4,6,8-10,15-16,21-22,24,26-27,29,31-49H2,1-2H3,(H,56,57)/b7-5-,13-11-,14-12-,19-17-,20-18-,25-23-,30-28-. The van der Waals surface area contributed by atoms with Crippen LogP contribution in [-0.2, 0) is 27.9 Å². The van der Waals surface area contributed by atoms with Gasteiger partial charge in [0.2, 0.25) is 0 Å². The van der Waals surface area contributed by atoms with Gasteiger partial charge in [-0.15, -0.1) is 0 Å². The molecule has 0 aliphatic heterocycles. The maximum Gasteiger partial charge on any atom is 0.472 e. The molecule has 0 aliphatic rings. The first-order chi connectivity index (χ1) is 30.3. The Balaban J connectivity index is 4.17. The van der Waals surface area contributed by atoms with E-state index in [1.165, 1.54) is 77.0 Å². The molecule has 0 radical (unpaired) electrons. The van der Waals surface area contributed by atoms with Crippen molar-refractivity contribution in [3.63, 3.8) is 0 Å². The van der Waals surface area contributed by atoms with E-state index in [0.29, 0.717) is 13.0 Å². The summed E-state index contributed by atoms with van der Waals surface area (Å²) in [5, 5.41) is 18.4. The minimum Gasteiger partial charge on any atom is -0.457 e. The summed E-state index contributed by atoms with van der Waals surface area (Å²) in [4.78, 5) is 22.7. The number of rotatable bonds is 46. The van der Waals surface area contributed by atoms with E-state index in [4.69, 9.17) is 23.6 Å². The van der Waals surface area contributed by atoms with Crippen molar-refractivity contribution in [1.82, 2.24) is 0 Å². The third kappa shape index (κ3) is 47.1. The minimum absolute atomic E-state index is 0.0345. The van der Waals surface area contributed by atoms with E-state index in [0.717, 1.165) is 89.9 Å². The number of esters is 1. The summed E-state index contributed by atoms with van der Waals surface area (Å²) in [5.41, 5.74) is 0. The number of allylic oxidation sites excluding steroid dienone is 14. The number of aliphatic hydroxyl groups excluding tert-OH is 2. The number of phosphoric acid groups is 1. The smallest absolute Gasteiger partial charge is 0.457 e. The lowest BCUT2D eigenvalue weighted by Gasteiger charge is -2.20. The second-order valence-corrected chi connectivity index (χ2v) is 17.5. The van der Waals surface area contributed by atoms with Crippen LogP contribution >= 0.6 is 7.82 Å². The van der Waals surface area contributed by atoms with Crippen LogP contribution in [0.3, 0.4) is 0 Å². The first-order valence-corrected chi connectivity index (χ1v) is 26.1. The molecule has 0 saturated carbocycles. The van der Waals surface area contributed by atoms with Gasteiger partial charge in [-0.05, 0) is 89.9 Å². The maximum absolute atomic E-state index is 12.7. The van der Waals surface area contributed by atoms with Crippen molar-refractivity contribution in [2.24, 2.45) is 0 Å². The summed E-state index contributed by atoms with van der Waals surface area (Å²) in [7, 11) is -4.53. The summed E-state index contributed by atoms with van der Waals surface area (Å²) < 4.78 is 33.5. The van der Waals surface area contributed by atoms with E-state index in [1.54, 1.807) is 0 Å². The van der Waals surface area contributed by atoms with Gasteiger partial charge in [-0.25, -0.2) is 4.57 Å². The third-order valence-electron chi connectivity index (χ3n) is 10.1. The molecule has 0 saturated heterocycles. The van der Waals surface area contributed by atoms with E-state index in [-0.39, 0.29) is 13.0 Å². The summed E-state index contributed by atoms with van der Waals surface area (Å²) in [6, 6.07) is 0. The van der Waals surface area contributed by atoms with Gasteiger partial charge in [-0.1, -0.05) is 182 Å². The highest BCUT2D eigenvalue weighted by Gasteiger charge is 2.26. The molecule has 0 bridgehead atoms. The number of unbranched alkanes of at least 4 members (excludes halogenated alkanes) is 18. The number of phosphoric ester groups is 1.